The van der Waals surface area contributed by atoms with Gasteiger partial charge in [0.1, 0.15) is 12.6 Å². The highest BCUT2D eigenvalue weighted by atomic mass is 16.1. The molecule has 0 aliphatic carbocycles. The lowest BCUT2D eigenvalue weighted by Gasteiger charge is -2.19. The summed E-state index contributed by atoms with van der Waals surface area (Å²) in [6.07, 6.45) is 4.30. The van der Waals surface area contributed by atoms with Crippen LogP contribution in [-0.2, 0) is 27.8 Å². The minimum atomic E-state index is 0.125. The highest BCUT2D eigenvalue weighted by Crippen LogP contribution is 2.22. The van der Waals surface area contributed by atoms with E-state index in [2.05, 4.69) is 83.1 Å². The van der Waals surface area contributed by atoms with Crippen LogP contribution in [0.1, 0.15) is 76.1 Å². The monoisotopic (exact) mass is 380 g/mol. The summed E-state index contributed by atoms with van der Waals surface area (Å²) >= 11 is 0. The van der Waals surface area contributed by atoms with Gasteiger partial charge in [-0.3, -0.25) is 0 Å². The number of benzene rings is 2. The maximum absolute atomic E-state index is 10.5. The van der Waals surface area contributed by atoms with Crippen LogP contribution in [0.4, 0.5) is 0 Å². The second-order valence-corrected chi connectivity index (χ2v) is 8.87. The van der Waals surface area contributed by atoms with Crippen molar-refractivity contribution in [1.82, 2.24) is 0 Å². The summed E-state index contributed by atoms with van der Waals surface area (Å²) in [6, 6.07) is 17.1. The molecule has 28 heavy (non-hydrogen) atoms. The first-order chi connectivity index (χ1) is 13.2. The van der Waals surface area contributed by atoms with Gasteiger partial charge in [0, 0.05) is 12.3 Å². The molecule has 2 aromatic rings. The summed E-state index contributed by atoms with van der Waals surface area (Å²) in [5.74, 6) is 0.701. The normalized spacial score (nSPS) is 12.1. The second-order valence-electron chi connectivity index (χ2n) is 8.87. The lowest BCUT2D eigenvalue weighted by atomic mass is 9.86. The summed E-state index contributed by atoms with van der Waals surface area (Å²) in [5, 5.41) is 0. The van der Waals surface area contributed by atoms with Gasteiger partial charge in [-0.1, -0.05) is 90.1 Å². The van der Waals surface area contributed by atoms with Crippen molar-refractivity contribution in [1.29, 1.82) is 0 Å². The van der Waals surface area contributed by atoms with Crippen LogP contribution in [0.15, 0.2) is 48.5 Å². The second kappa shape index (κ2) is 11.6. The predicted octanol–water partition coefficient (Wildman–Crippen LogP) is 6.30. The molecule has 0 aromatic heterocycles. The number of hydrogen-bond acceptors (Lipinski definition) is 2. The molecular formula is C26H36O2. The molecule has 0 heterocycles. The van der Waals surface area contributed by atoms with E-state index in [1.54, 1.807) is 0 Å². The van der Waals surface area contributed by atoms with Crippen molar-refractivity contribution in [3.63, 3.8) is 0 Å². The number of rotatable bonds is 7. The van der Waals surface area contributed by atoms with Crippen LogP contribution in [-0.4, -0.2) is 12.6 Å². The quantitative estimate of drug-likeness (QED) is 0.528. The average Bonchev–Trinajstić information content (AvgIpc) is 2.67. The lowest BCUT2D eigenvalue weighted by Crippen LogP contribution is -2.10. The molecular weight excluding hydrogens is 344 g/mol. The SMILES string of the molecule is CC(C)(C)c1ccc(CCC=O)cc1.CC(C=O)Cc1ccc(C(C)C)cc1. The van der Waals surface area contributed by atoms with Gasteiger partial charge in [-0.2, -0.15) is 0 Å². The van der Waals surface area contributed by atoms with E-state index in [-0.39, 0.29) is 11.3 Å². The van der Waals surface area contributed by atoms with E-state index < -0.39 is 0 Å². The van der Waals surface area contributed by atoms with Crippen LogP contribution in [0.5, 0.6) is 0 Å². The summed E-state index contributed by atoms with van der Waals surface area (Å²) in [6.45, 7) is 12.9. The van der Waals surface area contributed by atoms with Crippen LogP contribution in [0.25, 0.3) is 0 Å². The zero-order chi connectivity index (χ0) is 21.2. The van der Waals surface area contributed by atoms with Crippen LogP contribution >= 0.6 is 0 Å². The molecule has 0 spiro atoms. The largest absolute Gasteiger partial charge is 0.303 e. The van der Waals surface area contributed by atoms with E-state index in [0.717, 1.165) is 25.4 Å². The number of hydrogen-bond donors (Lipinski definition) is 0. The van der Waals surface area contributed by atoms with Crippen molar-refractivity contribution < 1.29 is 9.59 Å². The molecule has 0 bridgehead atoms. The van der Waals surface area contributed by atoms with Gasteiger partial charge in [-0.05, 0) is 46.4 Å². The Balaban J connectivity index is 0.000000280. The Labute approximate surface area is 171 Å². The molecule has 2 aromatic carbocycles. The van der Waals surface area contributed by atoms with Crippen LogP contribution in [0, 0.1) is 5.92 Å². The Bertz CT molecular complexity index is 704. The highest BCUT2D eigenvalue weighted by Gasteiger charge is 2.12. The molecule has 0 saturated heterocycles. The maximum Gasteiger partial charge on any atom is 0.123 e. The van der Waals surface area contributed by atoms with Gasteiger partial charge in [0.2, 0.25) is 0 Å². The van der Waals surface area contributed by atoms with Crippen molar-refractivity contribution in [2.75, 3.05) is 0 Å². The van der Waals surface area contributed by atoms with E-state index in [9.17, 15) is 9.59 Å². The first kappa shape index (κ1) is 23.8. The maximum atomic E-state index is 10.5. The van der Waals surface area contributed by atoms with Crippen molar-refractivity contribution in [3.05, 3.63) is 70.8 Å². The minimum Gasteiger partial charge on any atom is -0.303 e. The van der Waals surface area contributed by atoms with Gasteiger partial charge in [-0.15, -0.1) is 0 Å². The van der Waals surface area contributed by atoms with E-state index >= 15 is 0 Å². The number of aryl methyl sites for hydroxylation is 1. The fourth-order valence-corrected chi connectivity index (χ4v) is 2.86. The van der Waals surface area contributed by atoms with E-state index in [1.165, 1.54) is 22.3 Å². The van der Waals surface area contributed by atoms with E-state index in [1.807, 2.05) is 6.92 Å². The van der Waals surface area contributed by atoms with Crippen LogP contribution in [0.2, 0.25) is 0 Å². The van der Waals surface area contributed by atoms with Crippen molar-refractivity contribution in [2.24, 2.45) is 5.92 Å². The van der Waals surface area contributed by atoms with Crippen LogP contribution < -0.4 is 0 Å². The van der Waals surface area contributed by atoms with Gasteiger partial charge >= 0.3 is 0 Å². The van der Waals surface area contributed by atoms with Gasteiger partial charge in [-0.25, -0.2) is 0 Å². The molecule has 2 rings (SSSR count). The van der Waals surface area contributed by atoms with Crippen molar-refractivity contribution in [3.8, 4) is 0 Å². The molecule has 0 N–H and O–H groups in total. The van der Waals surface area contributed by atoms with Crippen molar-refractivity contribution >= 4 is 12.6 Å². The molecule has 0 saturated carbocycles. The molecule has 0 amide bonds. The van der Waals surface area contributed by atoms with Gasteiger partial charge in [0.15, 0.2) is 0 Å². The Morgan fingerprint density at radius 1 is 0.821 bits per heavy atom. The molecule has 0 radical (unpaired) electrons. The molecule has 0 fully saturated rings. The topological polar surface area (TPSA) is 34.1 Å². The molecule has 2 nitrogen and oxygen atoms in total. The summed E-state index contributed by atoms with van der Waals surface area (Å²) < 4.78 is 0. The minimum absolute atomic E-state index is 0.125. The number of aldehydes is 2. The Kier molecular flexibility index (Phi) is 9.85. The smallest absolute Gasteiger partial charge is 0.123 e. The molecule has 0 aliphatic rings. The summed E-state index contributed by atoms with van der Waals surface area (Å²) in [4.78, 5) is 20.7. The highest BCUT2D eigenvalue weighted by molar-refractivity contribution is 5.53. The van der Waals surface area contributed by atoms with Gasteiger partial charge in [0.25, 0.3) is 0 Å². The van der Waals surface area contributed by atoms with E-state index in [0.29, 0.717) is 12.3 Å². The third-order valence-electron chi connectivity index (χ3n) is 4.81. The Morgan fingerprint density at radius 2 is 1.36 bits per heavy atom. The molecule has 2 heteroatoms. The molecule has 1 unspecified atom stereocenters. The fraction of sp³-hybridized carbons (Fsp3) is 0.462. The Hall–Kier alpha value is -2.22. The number of carbonyl (C=O) groups is 2. The van der Waals surface area contributed by atoms with E-state index in [4.69, 9.17) is 0 Å². The van der Waals surface area contributed by atoms with Crippen LogP contribution in [0.3, 0.4) is 0 Å². The Morgan fingerprint density at radius 3 is 1.79 bits per heavy atom. The summed E-state index contributed by atoms with van der Waals surface area (Å²) in [5.41, 5.74) is 5.39. The third-order valence-corrected chi connectivity index (χ3v) is 4.81. The first-order valence-corrected chi connectivity index (χ1v) is 10.2. The molecule has 1 atom stereocenters. The lowest BCUT2D eigenvalue weighted by molar-refractivity contribution is -0.110. The zero-order valence-corrected chi connectivity index (χ0v) is 18.4. The standard InChI is InChI=1S/2C13H18O/c1-10(2)13-6-4-12(5-7-13)8-11(3)9-14;1-13(2,3)12-8-6-11(7-9-12)5-4-10-14/h4-7,9-11H,8H2,1-3H3;6-10H,4-5H2,1-3H3. The first-order valence-electron chi connectivity index (χ1n) is 10.2. The fourth-order valence-electron chi connectivity index (χ4n) is 2.86. The third kappa shape index (κ3) is 8.65. The molecule has 152 valence electrons. The van der Waals surface area contributed by atoms with Gasteiger partial charge in [0.05, 0.1) is 0 Å². The predicted molar refractivity (Wildman–Crippen MR) is 119 cm³/mol. The van der Waals surface area contributed by atoms with Crippen molar-refractivity contribution in [2.45, 2.75) is 72.1 Å². The molecule has 0 aliphatic heterocycles. The van der Waals surface area contributed by atoms with Gasteiger partial charge < -0.3 is 9.59 Å². The summed E-state index contributed by atoms with van der Waals surface area (Å²) in [7, 11) is 0. The average molecular weight is 381 g/mol. The number of carbonyl (C=O) groups excluding carboxylic acids is 2. The zero-order valence-electron chi connectivity index (χ0n) is 18.4.